The molecular formula is C21H16BrN3O4S. The van der Waals surface area contributed by atoms with Crippen LogP contribution in [-0.2, 0) is 4.79 Å². The van der Waals surface area contributed by atoms with Gasteiger partial charge in [-0.25, -0.2) is 0 Å². The molecule has 0 spiro atoms. The highest BCUT2D eigenvalue weighted by atomic mass is 79.9. The number of nitrogens with one attached hydrogen (secondary N) is 2. The molecular weight excluding hydrogens is 470 g/mol. The molecule has 3 aromatic rings. The Bertz CT molecular complexity index is 1110. The maximum Gasteiger partial charge on any atom is 0.270 e. The minimum atomic E-state index is -0.549. The van der Waals surface area contributed by atoms with Gasteiger partial charge in [-0.1, -0.05) is 24.3 Å². The van der Waals surface area contributed by atoms with E-state index in [4.69, 9.17) is 0 Å². The Balaban J connectivity index is 1.60. The number of hydrogen-bond donors (Lipinski definition) is 2. The van der Waals surface area contributed by atoms with Gasteiger partial charge in [-0.3, -0.25) is 19.7 Å². The standard InChI is InChI=1S/C21H16BrN3O4S/c22-18-9-1-2-10-19(18)24-20(26)13-30-17-8-4-6-15(12-17)23-21(27)14-5-3-7-16(11-14)25(28)29/h1-12H,13H2,(H,23,27)(H,24,26). The predicted octanol–water partition coefficient (Wildman–Crippen LogP) is 5.34. The van der Waals surface area contributed by atoms with Gasteiger partial charge in [0.15, 0.2) is 0 Å². The number of benzene rings is 3. The number of para-hydroxylation sites is 1. The van der Waals surface area contributed by atoms with E-state index in [9.17, 15) is 19.7 Å². The van der Waals surface area contributed by atoms with E-state index in [-0.39, 0.29) is 22.9 Å². The van der Waals surface area contributed by atoms with Crippen LogP contribution in [0.4, 0.5) is 17.1 Å². The molecule has 0 heterocycles. The molecule has 0 aliphatic rings. The van der Waals surface area contributed by atoms with Gasteiger partial charge in [0.05, 0.1) is 16.4 Å². The molecule has 7 nitrogen and oxygen atoms in total. The summed E-state index contributed by atoms with van der Waals surface area (Å²) in [6.07, 6.45) is 0. The van der Waals surface area contributed by atoms with Crippen LogP contribution in [-0.4, -0.2) is 22.5 Å². The number of carbonyl (C=O) groups excluding carboxylic acids is 2. The molecule has 9 heteroatoms. The lowest BCUT2D eigenvalue weighted by Crippen LogP contribution is -2.14. The minimum Gasteiger partial charge on any atom is -0.324 e. The van der Waals surface area contributed by atoms with Gasteiger partial charge < -0.3 is 10.6 Å². The number of thioether (sulfide) groups is 1. The smallest absolute Gasteiger partial charge is 0.270 e. The lowest BCUT2D eigenvalue weighted by molar-refractivity contribution is -0.384. The Morgan fingerprint density at radius 1 is 0.967 bits per heavy atom. The predicted molar refractivity (Wildman–Crippen MR) is 121 cm³/mol. The number of nitro benzene ring substituents is 1. The Morgan fingerprint density at radius 3 is 2.50 bits per heavy atom. The second-order valence-electron chi connectivity index (χ2n) is 6.11. The highest BCUT2D eigenvalue weighted by Gasteiger charge is 2.12. The molecule has 0 saturated heterocycles. The number of amides is 2. The van der Waals surface area contributed by atoms with Gasteiger partial charge in [0.25, 0.3) is 11.6 Å². The molecule has 2 N–H and O–H groups in total. The van der Waals surface area contributed by atoms with Gasteiger partial charge >= 0.3 is 0 Å². The van der Waals surface area contributed by atoms with E-state index in [0.717, 1.165) is 9.37 Å². The molecule has 0 aliphatic carbocycles. The van der Waals surface area contributed by atoms with Crippen molar-refractivity contribution in [2.45, 2.75) is 4.90 Å². The third kappa shape index (κ3) is 5.91. The summed E-state index contributed by atoms with van der Waals surface area (Å²) >= 11 is 4.71. The third-order valence-corrected chi connectivity index (χ3v) is 5.61. The Kier molecular flexibility index (Phi) is 7.21. The zero-order valence-electron chi connectivity index (χ0n) is 15.5. The van der Waals surface area contributed by atoms with E-state index in [1.807, 2.05) is 24.3 Å². The summed E-state index contributed by atoms with van der Waals surface area (Å²) in [5, 5.41) is 16.4. The quantitative estimate of drug-likeness (QED) is 0.267. The summed E-state index contributed by atoms with van der Waals surface area (Å²) in [5.74, 6) is -0.408. The van der Waals surface area contributed by atoms with Crippen molar-refractivity contribution in [1.29, 1.82) is 0 Å². The van der Waals surface area contributed by atoms with E-state index in [1.165, 1.54) is 36.0 Å². The van der Waals surface area contributed by atoms with Crippen molar-refractivity contribution in [3.8, 4) is 0 Å². The van der Waals surface area contributed by atoms with Gasteiger partial charge in [-0.05, 0) is 52.3 Å². The molecule has 0 saturated carbocycles. The molecule has 0 radical (unpaired) electrons. The number of non-ortho nitro benzene ring substituents is 1. The first-order valence-electron chi connectivity index (χ1n) is 8.75. The van der Waals surface area contributed by atoms with Crippen molar-refractivity contribution in [3.63, 3.8) is 0 Å². The number of nitrogens with zero attached hydrogens (tertiary/aromatic N) is 1. The number of carbonyl (C=O) groups is 2. The van der Waals surface area contributed by atoms with Gasteiger partial charge in [-0.2, -0.15) is 0 Å². The van der Waals surface area contributed by atoms with E-state index in [2.05, 4.69) is 26.6 Å². The molecule has 0 aliphatic heterocycles. The number of halogens is 1. The van der Waals surface area contributed by atoms with Gasteiger partial charge in [0.1, 0.15) is 0 Å². The molecule has 3 rings (SSSR count). The third-order valence-electron chi connectivity index (χ3n) is 3.93. The molecule has 0 bridgehead atoms. The SMILES string of the molecule is O=C(CSc1cccc(NC(=O)c2cccc([N+](=O)[O-])c2)c1)Nc1ccccc1Br. The average molecular weight is 486 g/mol. The van der Waals surface area contributed by atoms with Crippen LogP contribution in [0.3, 0.4) is 0 Å². The van der Waals surface area contributed by atoms with Crippen molar-refractivity contribution in [3.05, 3.63) is 92.9 Å². The zero-order valence-corrected chi connectivity index (χ0v) is 17.9. The fraction of sp³-hybridized carbons (Fsp3) is 0.0476. The summed E-state index contributed by atoms with van der Waals surface area (Å²) in [5.41, 5.74) is 1.27. The molecule has 2 amide bonds. The summed E-state index contributed by atoms with van der Waals surface area (Å²) in [6, 6.07) is 19.9. The van der Waals surface area contributed by atoms with Crippen molar-refractivity contribution < 1.29 is 14.5 Å². The number of rotatable bonds is 7. The average Bonchev–Trinajstić information content (AvgIpc) is 2.74. The minimum absolute atomic E-state index is 0.150. The molecule has 3 aromatic carbocycles. The molecule has 0 unspecified atom stereocenters. The number of anilines is 2. The topological polar surface area (TPSA) is 101 Å². The van der Waals surface area contributed by atoms with Crippen LogP contribution in [0.1, 0.15) is 10.4 Å². The van der Waals surface area contributed by atoms with Crippen LogP contribution in [0, 0.1) is 10.1 Å². The summed E-state index contributed by atoms with van der Waals surface area (Å²) in [6.45, 7) is 0. The first-order valence-corrected chi connectivity index (χ1v) is 10.5. The second kappa shape index (κ2) is 10.0. The van der Waals surface area contributed by atoms with Crippen molar-refractivity contribution in [2.75, 3.05) is 16.4 Å². The summed E-state index contributed by atoms with van der Waals surface area (Å²) in [4.78, 5) is 35.7. The first kappa shape index (κ1) is 21.5. The van der Waals surface area contributed by atoms with Gasteiger partial charge in [0, 0.05) is 32.8 Å². The maximum atomic E-state index is 12.4. The summed E-state index contributed by atoms with van der Waals surface area (Å²) < 4.78 is 0.800. The van der Waals surface area contributed by atoms with Crippen LogP contribution in [0.5, 0.6) is 0 Å². The van der Waals surface area contributed by atoms with E-state index >= 15 is 0 Å². The van der Waals surface area contributed by atoms with Crippen LogP contribution in [0.15, 0.2) is 82.2 Å². The van der Waals surface area contributed by atoms with E-state index in [1.54, 1.807) is 24.3 Å². The Morgan fingerprint density at radius 2 is 1.73 bits per heavy atom. The van der Waals surface area contributed by atoms with Crippen molar-refractivity contribution in [1.82, 2.24) is 0 Å². The Hall–Kier alpha value is -3.17. The van der Waals surface area contributed by atoms with Crippen LogP contribution >= 0.6 is 27.7 Å². The molecule has 0 aromatic heterocycles. The number of hydrogen-bond acceptors (Lipinski definition) is 5. The van der Waals surface area contributed by atoms with E-state index in [0.29, 0.717) is 11.4 Å². The highest BCUT2D eigenvalue weighted by Crippen LogP contribution is 2.24. The zero-order chi connectivity index (χ0) is 21.5. The molecule has 0 fully saturated rings. The lowest BCUT2D eigenvalue weighted by Gasteiger charge is -2.09. The Labute approximate surface area is 185 Å². The largest absolute Gasteiger partial charge is 0.324 e. The van der Waals surface area contributed by atoms with E-state index < -0.39 is 10.8 Å². The van der Waals surface area contributed by atoms with Gasteiger partial charge in [-0.15, -0.1) is 11.8 Å². The fourth-order valence-electron chi connectivity index (χ4n) is 2.53. The molecule has 30 heavy (non-hydrogen) atoms. The van der Waals surface area contributed by atoms with Crippen LogP contribution < -0.4 is 10.6 Å². The second-order valence-corrected chi connectivity index (χ2v) is 8.01. The van der Waals surface area contributed by atoms with Crippen LogP contribution in [0.25, 0.3) is 0 Å². The van der Waals surface area contributed by atoms with Crippen molar-refractivity contribution >= 4 is 56.6 Å². The maximum absolute atomic E-state index is 12.4. The first-order chi connectivity index (χ1) is 14.4. The monoisotopic (exact) mass is 485 g/mol. The van der Waals surface area contributed by atoms with Crippen molar-refractivity contribution in [2.24, 2.45) is 0 Å². The van der Waals surface area contributed by atoms with Crippen LogP contribution in [0.2, 0.25) is 0 Å². The normalized spacial score (nSPS) is 10.3. The molecule has 152 valence electrons. The van der Waals surface area contributed by atoms with Gasteiger partial charge in [0.2, 0.25) is 5.91 Å². The molecule has 0 atom stereocenters. The number of nitro groups is 1. The fourth-order valence-corrected chi connectivity index (χ4v) is 3.66. The lowest BCUT2D eigenvalue weighted by atomic mass is 10.2. The summed E-state index contributed by atoms with van der Waals surface area (Å²) in [7, 11) is 0. The highest BCUT2D eigenvalue weighted by molar-refractivity contribution is 9.10.